The molecule has 2 aromatic carbocycles. The van der Waals surface area contributed by atoms with Crippen LogP contribution in [0.2, 0.25) is 0 Å². The molecule has 1 aromatic heterocycles. The van der Waals surface area contributed by atoms with Gasteiger partial charge in [-0.2, -0.15) is 4.31 Å². The monoisotopic (exact) mass is 373 g/mol. The molecule has 1 saturated heterocycles. The van der Waals surface area contributed by atoms with Gasteiger partial charge in [0, 0.05) is 26.2 Å². The number of aromatic nitrogens is 1. The van der Waals surface area contributed by atoms with Crippen LogP contribution in [0.25, 0.3) is 10.2 Å². The molecule has 0 spiro atoms. The van der Waals surface area contributed by atoms with Gasteiger partial charge in [-0.15, -0.1) is 0 Å². The molecule has 1 fully saturated rings. The zero-order chi connectivity index (χ0) is 17.4. The number of rotatable bonds is 3. The lowest BCUT2D eigenvalue weighted by atomic mass is 10.2. The Balaban J connectivity index is 1.51. The molecule has 1 aliphatic heterocycles. The summed E-state index contributed by atoms with van der Waals surface area (Å²) in [7, 11) is -3.41. The van der Waals surface area contributed by atoms with Crippen LogP contribution in [0.1, 0.15) is 5.56 Å². The predicted octanol–water partition coefficient (Wildman–Crippen LogP) is 3.12. The number of hydrogen-bond acceptors (Lipinski definition) is 5. The highest BCUT2D eigenvalue weighted by Crippen LogP contribution is 2.30. The van der Waals surface area contributed by atoms with Gasteiger partial charge in [-0.05, 0) is 36.8 Å². The van der Waals surface area contributed by atoms with E-state index in [0.717, 1.165) is 10.6 Å². The van der Waals surface area contributed by atoms with Crippen LogP contribution in [0.5, 0.6) is 0 Å². The highest BCUT2D eigenvalue weighted by molar-refractivity contribution is 7.89. The number of hydrogen-bond donors (Lipinski definition) is 0. The third-order valence-corrected chi connectivity index (χ3v) is 7.41. The number of anilines is 1. The van der Waals surface area contributed by atoms with Crippen LogP contribution in [-0.4, -0.2) is 43.9 Å². The van der Waals surface area contributed by atoms with E-state index in [1.165, 1.54) is 10.3 Å². The van der Waals surface area contributed by atoms with Gasteiger partial charge in [0.1, 0.15) is 0 Å². The van der Waals surface area contributed by atoms with E-state index >= 15 is 0 Å². The quantitative estimate of drug-likeness (QED) is 0.708. The minimum Gasteiger partial charge on any atom is -0.345 e. The first kappa shape index (κ1) is 16.5. The van der Waals surface area contributed by atoms with E-state index in [2.05, 4.69) is 24.0 Å². The van der Waals surface area contributed by atoms with Gasteiger partial charge in [-0.25, -0.2) is 13.4 Å². The van der Waals surface area contributed by atoms with Gasteiger partial charge in [-0.1, -0.05) is 35.6 Å². The fourth-order valence-corrected chi connectivity index (χ4v) is 5.57. The standard InChI is InChI=1S/C18H19N3O2S2/c1-14-7-8-16-17(13-14)24-18(19-16)20-9-11-21(12-10-20)25(22,23)15-5-3-2-4-6-15/h2-8,13H,9-12H2,1H3. The molecule has 25 heavy (non-hydrogen) atoms. The Morgan fingerprint density at radius 2 is 1.72 bits per heavy atom. The first-order valence-corrected chi connectivity index (χ1v) is 10.5. The van der Waals surface area contributed by atoms with Crippen molar-refractivity contribution in [1.82, 2.24) is 9.29 Å². The molecule has 0 radical (unpaired) electrons. The zero-order valence-corrected chi connectivity index (χ0v) is 15.6. The van der Waals surface area contributed by atoms with Crippen molar-refractivity contribution in [3.63, 3.8) is 0 Å². The van der Waals surface area contributed by atoms with Gasteiger partial charge in [0.25, 0.3) is 0 Å². The molecule has 7 heteroatoms. The molecule has 0 atom stereocenters. The molecule has 130 valence electrons. The van der Waals surface area contributed by atoms with Crippen LogP contribution in [0.3, 0.4) is 0 Å². The fraction of sp³-hybridized carbons (Fsp3) is 0.278. The normalized spacial score (nSPS) is 16.4. The van der Waals surface area contributed by atoms with Crippen molar-refractivity contribution < 1.29 is 8.42 Å². The Labute approximate surface area is 151 Å². The van der Waals surface area contributed by atoms with E-state index in [4.69, 9.17) is 4.98 Å². The molecule has 4 rings (SSSR count). The average molecular weight is 374 g/mol. The summed E-state index contributed by atoms with van der Waals surface area (Å²) >= 11 is 1.67. The average Bonchev–Trinajstić information content (AvgIpc) is 3.06. The number of piperazine rings is 1. The molecule has 2 heterocycles. The summed E-state index contributed by atoms with van der Waals surface area (Å²) in [5, 5.41) is 0.970. The summed E-state index contributed by atoms with van der Waals surface area (Å²) in [6, 6.07) is 14.9. The second-order valence-corrected chi connectivity index (χ2v) is 9.12. The Morgan fingerprint density at radius 1 is 1.00 bits per heavy atom. The summed E-state index contributed by atoms with van der Waals surface area (Å²) in [5.74, 6) is 0. The first-order valence-electron chi connectivity index (χ1n) is 8.21. The third-order valence-electron chi connectivity index (χ3n) is 4.42. The van der Waals surface area contributed by atoms with E-state index < -0.39 is 10.0 Å². The second kappa shape index (κ2) is 6.40. The molecule has 1 aliphatic rings. The lowest BCUT2D eigenvalue weighted by Gasteiger charge is -2.33. The lowest BCUT2D eigenvalue weighted by molar-refractivity contribution is 0.385. The lowest BCUT2D eigenvalue weighted by Crippen LogP contribution is -2.48. The molecule has 3 aromatic rings. The number of thiazole rings is 1. The molecule has 0 N–H and O–H groups in total. The highest BCUT2D eigenvalue weighted by Gasteiger charge is 2.29. The van der Waals surface area contributed by atoms with Gasteiger partial charge in [-0.3, -0.25) is 0 Å². The van der Waals surface area contributed by atoms with E-state index in [-0.39, 0.29) is 0 Å². The zero-order valence-electron chi connectivity index (χ0n) is 13.9. The number of benzene rings is 2. The van der Waals surface area contributed by atoms with Crippen molar-refractivity contribution in [1.29, 1.82) is 0 Å². The smallest absolute Gasteiger partial charge is 0.243 e. The van der Waals surface area contributed by atoms with E-state index in [1.807, 2.05) is 12.1 Å². The second-order valence-electron chi connectivity index (χ2n) is 6.17. The van der Waals surface area contributed by atoms with Crippen molar-refractivity contribution in [2.45, 2.75) is 11.8 Å². The van der Waals surface area contributed by atoms with Crippen molar-refractivity contribution in [3.05, 3.63) is 54.1 Å². The number of nitrogens with zero attached hydrogens (tertiary/aromatic N) is 3. The molecule has 5 nitrogen and oxygen atoms in total. The van der Waals surface area contributed by atoms with E-state index in [9.17, 15) is 8.42 Å². The number of fused-ring (bicyclic) bond motifs is 1. The third kappa shape index (κ3) is 3.15. The van der Waals surface area contributed by atoms with Crippen LogP contribution in [0.15, 0.2) is 53.4 Å². The van der Waals surface area contributed by atoms with Crippen LogP contribution in [0.4, 0.5) is 5.13 Å². The fourth-order valence-electron chi connectivity index (χ4n) is 3.02. The molecule has 0 bridgehead atoms. The largest absolute Gasteiger partial charge is 0.345 e. The van der Waals surface area contributed by atoms with Gasteiger partial charge in [0.15, 0.2) is 5.13 Å². The Bertz CT molecular complexity index is 992. The van der Waals surface area contributed by atoms with Crippen molar-refractivity contribution in [2.75, 3.05) is 31.1 Å². The topological polar surface area (TPSA) is 53.5 Å². The molecule has 0 saturated carbocycles. The van der Waals surface area contributed by atoms with Crippen molar-refractivity contribution >= 4 is 36.7 Å². The summed E-state index contributed by atoms with van der Waals surface area (Å²) in [6.07, 6.45) is 0. The molecule has 0 aliphatic carbocycles. The minimum atomic E-state index is -3.41. The Kier molecular flexibility index (Phi) is 4.23. The Hall–Kier alpha value is -1.96. The summed E-state index contributed by atoms with van der Waals surface area (Å²) in [4.78, 5) is 7.24. The Morgan fingerprint density at radius 3 is 2.44 bits per heavy atom. The van der Waals surface area contributed by atoms with Crippen molar-refractivity contribution in [2.24, 2.45) is 0 Å². The molecule has 0 unspecified atom stereocenters. The van der Waals surface area contributed by atoms with Crippen LogP contribution < -0.4 is 4.90 Å². The summed E-state index contributed by atoms with van der Waals surface area (Å²) in [5.41, 5.74) is 2.23. The summed E-state index contributed by atoms with van der Waals surface area (Å²) in [6.45, 7) is 4.35. The van der Waals surface area contributed by atoms with Crippen molar-refractivity contribution in [3.8, 4) is 0 Å². The molecular weight excluding hydrogens is 354 g/mol. The molecule has 0 amide bonds. The maximum Gasteiger partial charge on any atom is 0.243 e. The van der Waals surface area contributed by atoms with Crippen LogP contribution in [-0.2, 0) is 10.0 Å². The molecular formula is C18H19N3O2S2. The predicted molar refractivity (Wildman–Crippen MR) is 102 cm³/mol. The number of sulfonamides is 1. The summed E-state index contributed by atoms with van der Waals surface area (Å²) < 4.78 is 28.1. The van der Waals surface area contributed by atoms with Gasteiger partial charge in [0.2, 0.25) is 10.0 Å². The first-order chi connectivity index (χ1) is 12.0. The number of aryl methyl sites for hydroxylation is 1. The highest BCUT2D eigenvalue weighted by atomic mass is 32.2. The van der Waals surface area contributed by atoms with E-state index in [0.29, 0.717) is 31.1 Å². The van der Waals surface area contributed by atoms with Gasteiger partial charge in [0.05, 0.1) is 15.1 Å². The SMILES string of the molecule is Cc1ccc2nc(N3CCN(S(=O)(=O)c4ccccc4)CC3)sc2c1. The van der Waals surface area contributed by atoms with Gasteiger partial charge < -0.3 is 4.90 Å². The van der Waals surface area contributed by atoms with E-state index in [1.54, 1.807) is 39.9 Å². The van der Waals surface area contributed by atoms with Crippen LogP contribution >= 0.6 is 11.3 Å². The maximum absolute atomic E-state index is 12.7. The van der Waals surface area contributed by atoms with Crippen LogP contribution in [0, 0.1) is 6.92 Å². The maximum atomic E-state index is 12.7. The van der Waals surface area contributed by atoms with Gasteiger partial charge >= 0.3 is 0 Å². The minimum absolute atomic E-state index is 0.360.